The number of aromatic amines is 1. The zero-order valence-corrected chi connectivity index (χ0v) is 17.3. The molecule has 3 aromatic carbocycles. The Bertz CT molecular complexity index is 1350. The van der Waals surface area contributed by atoms with Crippen LogP contribution >= 0.6 is 0 Å². The molecule has 158 valence electrons. The summed E-state index contributed by atoms with van der Waals surface area (Å²) in [4.78, 5) is 26.5. The fourth-order valence-corrected chi connectivity index (χ4v) is 4.05. The van der Waals surface area contributed by atoms with Gasteiger partial charge in [0.2, 0.25) is 5.56 Å². The first-order chi connectivity index (χ1) is 15.5. The summed E-state index contributed by atoms with van der Waals surface area (Å²) >= 11 is 0. The topological polar surface area (TPSA) is 68.4 Å². The van der Waals surface area contributed by atoms with Crippen molar-refractivity contribution in [1.82, 2.24) is 4.98 Å². The van der Waals surface area contributed by atoms with Gasteiger partial charge in [-0.05, 0) is 41.0 Å². The largest absolute Gasteiger partial charge is 0.489 e. The number of rotatable bonds is 5. The molecule has 0 radical (unpaired) electrons. The summed E-state index contributed by atoms with van der Waals surface area (Å²) in [6, 6.07) is 26.7. The Morgan fingerprint density at radius 3 is 2.38 bits per heavy atom. The zero-order chi connectivity index (χ0) is 22.1. The van der Waals surface area contributed by atoms with E-state index in [1.165, 1.54) is 6.07 Å². The summed E-state index contributed by atoms with van der Waals surface area (Å²) in [7, 11) is 0. The number of benzene rings is 3. The third-order valence-electron chi connectivity index (χ3n) is 5.76. The van der Waals surface area contributed by atoms with E-state index in [2.05, 4.69) is 23.7 Å². The molecule has 5 nitrogen and oxygen atoms in total. The molecule has 32 heavy (non-hydrogen) atoms. The van der Waals surface area contributed by atoms with Gasteiger partial charge in [0.05, 0.1) is 0 Å². The molecule has 1 aliphatic rings. The molecular formula is C27H21NO4. The number of hydrogen-bond donors (Lipinski definition) is 1. The summed E-state index contributed by atoms with van der Waals surface area (Å²) < 4.78 is 11.9. The number of carbonyl (C=O) groups excluding carboxylic acids is 1. The second-order valence-corrected chi connectivity index (χ2v) is 7.97. The third kappa shape index (κ3) is 3.69. The first-order valence-electron chi connectivity index (χ1n) is 10.4. The predicted molar refractivity (Wildman–Crippen MR) is 123 cm³/mol. The van der Waals surface area contributed by atoms with Crippen molar-refractivity contribution < 1.29 is 14.3 Å². The molecule has 1 atom stereocenters. The zero-order valence-electron chi connectivity index (χ0n) is 17.3. The number of H-pyrrole nitrogens is 1. The molecule has 0 amide bonds. The van der Waals surface area contributed by atoms with Crippen molar-refractivity contribution in [3.63, 3.8) is 0 Å². The fraction of sp³-hybridized carbons (Fsp3) is 0.111. The molecule has 0 aliphatic carbocycles. The lowest BCUT2D eigenvalue weighted by atomic mass is 9.89. The van der Waals surface area contributed by atoms with Crippen molar-refractivity contribution in [3.05, 3.63) is 113 Å². The molecule has 1 aliphatic heterocycles. The highest BCUT2D eigenvalue weighted by Crippen LogP contribution is 2.40. The molecule has 1 N–H and O–H groups in total. The molecule has 1 saturated heterocycles. The Balaban J connectivity index is 1.44. The van der Waals surface area contributed by atoms with Crippen LogP contribution in [0.25, 0.3) is 22.0 Å². The Morgan fingerprint density at radius 1 is 0.906 bits per heavy atom. The number of esters is 1. The Kier molecular flexibility index (Phi) is 4.86. The standard InChI is InChI=1S/C27H21NO4/c1-18-16-27(32-26(18)30,22-10-7-20(8-11-22)19-5-3-2-4-6-19)17-31-23-12-13-24-21(15-23)9-14-25(29)28-24/h2-15H,1,16-17H2,(H,28,29). The van der Waals surface area contributed by atoms with Gasteiger partial charge in [-0.25, -0.2) is 4.79 Å². The maximum Gasteiger partial charge on any atom is 0.334 e. The van der Waals surface area contributed by atoms with Gasteiger partial charge in [0.25, 0.3) is 0 Å². The van der Waals surface area contributed by atoms with E-state index in [1.54, 1.807) is 18.2 Å². The summed E-state index contributed by atoms with van der Waals surface area (Å²) in [6.45, 7) is 4.01. The predicted octanol–water partition coefficient (Wildman–Crippen LogP) is 4.97. The van der Waals surface area contributed by atoms with Gasteiger partial charge in [-0.3, -0.25) is 4.79 Å². The molecule has 5 rings (SSSR count). The number of carbonyl (C=O) groups is 1. The quantitative estimate of drug-likeness (QED) is 0.363. The second kappa shape index (κ2) is 7.85. The van der Waals surface area contributed by atoms with Crippen LogP contribution in [-0.2, 0) is 15.1 Å². The molecule has 5 heteroatoms. The van der Waals surface area contributed by atoms with E-state index in [1.807, 2.05) is 48.5 Å². The highest BCUT2D eigenvalue weighted by molar-refractivity contribution is 5.90. The lowest BCUT2D eigenvalue weighted by molar-refractivity contribution is -0.150. The maximum atomic E-state index is 12.3. The smallest absolute Gasteiger partial charge is 0.334 e. The van der Waals surface area contributed by atoms with Crippen molar-refractivity contribution in [1.29, 1.82) is 0 Å². The van der Waals surface area contributed by atoms with Crippen LogP contribution < -0.4 is 10.3 Å². The number of ether oxygens (including phenoxy) is 2. The summed E-state index contributed by atoms with van der Waals surface area (Å²) in [5.41, 5.74) is 3.12. The van der Waals surface area contributed by atoms with Crippen LogP contribution in [0.4, 0.5) is 0 Å². The number of aromatic nitrogens is 1. The van der Waals surface area contributed by atoms with E-state index in [9.17, 15) is 9.59 Å². The minimum Gasteiger partial charge on any atom is -0.489 e. The number of fused-ring (bicyclic) bond motifs is 1. The average Bonchev–Trinajstić information content (AvgIpc) is 3.12. The van der Waals surface area contributed by atoms with Gasteiger partial charge in [-0.1, -0.05) is 61.2 Å². The van der Waals surface area contributed by atoms with Crippen molar-refractivity contribution >= 4 is 16.9 Å². The van der Waals surface area contributed by atoms with Crippen molar-refractivity contribution in [2.24, 2.45) is 0 Å². The summed E-state index contributed by atoms with van der Waals surface area (Å²) in [5, 5.41) is 0.858. The van der Waals surface area contributed by atoms with E-state index in [4.69, 9.17) is 9.47 Å². The number of nitrogens with one attached hydrogen (secondary N) is 1. The lowest BCUT2D eigenvalue weighted by Crippen LogP contribution is -2.33. The molecule has 0 bridgehead atoms. The van der Waals surface area contributed by atoms with Crippen molar-refractivity contribution in [2.45, 2.75) is 12.0 Å². The molecule has 1 aromatic heterocycles. The fourth-order valence-electron chi connectivity index (χ4n) is 4.05. The van der Waals surface area contributed by atoms with Gasteiger partial charge in [0, 0.05) is 29.0 Å². The Morgan fingerprint density at radius 2 is 1.66 bits per heavy atom. The van der Waals surface area contributed by atoms with Crippen LogP contribution in [0.1, 0.15) is 12.0 Å². The normalized spacial score (nSPS) is 18.0. The van der Waals surface area contributed by atoms with Gasteiger partial charge >= 0.3 is 5.97 Å². The van der Waals surface area contributed by atoms with Gasteiger partial charge in [0.1, 0.15) is 12.4 Å². The third-order valence-corrected chi connectivity index (χ3v) is 5.76. The van der Waals surface area contributed by atoms with Crippen LogP contribution in [0, 0.1) is 0 Å². The van der Waals surface area contributed by atoms with Gasteiger partial charge in [-0.15, -0.1) is 0 Å². The van der Waals surface area contributed by atoms with E-state index in [-0.39, 0.29) is 12.2 Å². The molecule has 0 saturated carbocycles. The molecule has 1 fully saturated rings. The maximum absolute atomic E-state index is 12.3. The van der Waals surface area contributed by atoms with E-state index in [0.717, 1.165) is 27.6 Å². The average molecular weight is 423 g/mol. The SMILES string of the molecule is C=C1CC(COc2ccc3[nH]c(=O)ccc3c2)(c2ccc(-c3ccccc3)cc2)OC1=O. The molecular weight excluding hydrogens is 402 g/mol. The monoisotopic (exact) mass is 423 g/mol. The minimum absolute atomic E-state index is 0.150. The van der Waals surface area contributed by atoms with E-state index >= 15 is 0 Å². The van der Waals surface area contributed by atoms with Gasteiger partial charge in [0.15, 0.2) is 5.60 Å². The van der Waals surface area contributed by atoms with Crippen LogP contribution in [0.15, 0.2) is 102 Å². The Hall–Kier alpha value is -4.12. The highest BCUT2D eigenvalue weighted by atomic mass is 16.6. The van der Waals surface area contributed by atoms with Crippen LogP contribution in [0.3, 0.4) is 0 Å². The Labute approximate surface area is 184 Å². The van der Waals surface area contributed by atoms with Gasteiger partial charge < -0.3 is 14.5 Å². The minimum atomic E-state index is -0.941. The van der Waals surface area contributed by atoms with Gasteiger partial charge in [-0.2, -0.15) is 0 Å². The van der Waals surface area contributed by atoms with Crippen LogP contribution in [0.2, 0.25) is 0 Å². The van der Waals surface area contributed by atoms with Crippen LogP contribution in [0.5, 0.6) is 5.75 Å². The summed E-state index contributed by atoms with van der Waals surface area (Å²) in [5.74, 6) is 0.218. The number of pyridine rings is 1. The van der Waals surface area contributed by atoms with E-state index in [0.29, 0.717) is 17.7 Å². The number of cyclic esters (lactones) is 1. The van der Waals surface area contributed by atoms with Crippen LogP contribution in [-0.4, -0.2) is 17.6 Å². The van der Waals surface area contributed by atoms with Crippen molar-refractivity contribution in [3.8, 4) is 16.9 Å². The summed E-state index contributed by atoms with van der Waals surface area (Å²) in [6.07, 6.45) is 0.359. The van der Waals surface area contributed by atoms with E-state index < -0.39 is 11.6 Å². The first kappa shape index (κ1) is 19.8. The lowest BCUT2D eigenvalue weighted by Gasteiger charge is -2.28. The highest BCUT2D eigenvalue weighted by Gasteiger charge is 2.45. The first-order valence-corrected chi connectivity index (χ1v) is 10.4. The molecule has 4 aromatic rings. The van der Waals surface area contributed by atoms with Crippen molar-refractivity contribution in [2.75, 3.05) is 6.61 Å². The number of hydrogen-bond acceptors (Lipinski definition) is 4. The molecule has 1 unspecified atom stereocenters. The molecule has 2 heterocycles. The second-order valence-electron chi connectivity index (χ2n) is 7.97. The molecule has 0 spiro atoms.